The zero-order valence-electron chi connectivity index (χ0n) is 11.6. The van der Waals surface area contributed by atoms with Crippen molar-refractivity contribution in [2.45, 2.75) is 13.0 Å². The molecule has 1 aliphatic rings. The summed E-state index contributed by atoms with van der Waals surface area (Å²) in [6, 6.07) is 17.9. The molecule has 0 aliphatic carbocycles. The molecule has 1 heterocycles. The SMILES string of the molecule is COc1ccc(N2C(=O)C(C)C2c2ccccc2)cc1. The van der Waals surface area contributed by atoms with Gasteiger partial charge in [0.15, 0.2) is 0 Å². The molecule has 0 aromatic heterocycles. The van der Waals surface area contributed by atoms with Crippen LogP contribution in [0.15, 0.2) is 54.6 Å². The molecule has 1 amide bonds. The molecule has 0 saturated carbocycles. The maximum Gasteiger partial charge on any atom is 0.232 e. The van der Waals surface area contributed by atoms with Crippen molar-refractivity contribution in [1.82, 2.24) is 0 Å². The number of β-lactam (4-membered cyclic amide) rings is 1. The Labute approximate surface area is 118 Å². The second kappa shape index (κ2) is 5.00. The van der Waals surface area contributed by atoms with Gasteiger partial charge in [0.25, 0.3) is 0 Å². The van der Waals surface area contributed by atoms with E-state index < -0.39 is 0 Å². The summed E-state index contributed by atoms with van der Waals surface area (Å²) in [7, 11) is 1.64. The van der Waals surface area contributed by atoms with Gasteiger partial charge in [-0.15, -0.1) is 0 Å². The van der Waals surface area contributed by atoms with Crippen molar-refractivity contribution in [2.24, 2.45) is 5.92 Å². The van der Waals surface area contributed by atoms with Gasteiger partial charge in [-0.2, -0.15) is 0 Å². The number of methoxy groups -OCH3 is 1. The number of nitrogens with zero attached hydrogens (tertiary/aromatic N) is 1. The molecule has 102 valence electrons. The quantitative estimate of drug-likeness (QED) is 0.797. The van der Waals surface area contributed by atoms with Crippen LogP contribution in [0, 0.1) is 5.92 Å². The highest BCUT2D eigenvalue weighted by atomic mass is 16.5. The van der Waals surface area contributed by atoms with Crippen LogP contribution in [-0.2, 0) is 4.79 Å². The van der Waals surface area contributed by atoms with E-state index in [-0.39, 0.29) is 17.9 Å². The normalized spacial score (nSPS) is 21.5. The van der Waals surface area contributed by atoms with E-state index in [2.05, 4.69) is 12.1 Å². The standard InChI is InChI=1S/C17H17NO2/c1-12-16(13-6-4-3-5-7-13)18(17(12)19)14-8-10-15(20-2)11-9-14/h3-12,16H,1-2H3. The summed E-state index contributed by atoms with van der Waals surface area (Å²) in [5.41, 5.74) is 2.10. The molecule has 3 rings (SSSR count). The maximum absolute atomic E-state index is 12.2. The minimum absolute atomic E-state index is 0.0273. The first-order chi connectivity index (χ1) is 9.72. The molecule has 1 aliphatic heterocycles. The molecular formula is C17H17NO2. The van der Waals surface area contributed by atoms with Gasteiger partial charge in [-0.25, -0.2) is 0 Å². The topological polar surface area (TPSA) is 29.5 Å². The molecule has 0 N–H and O–H groups in total. The second-order valence-corrected chi connectivity index (χ2v) is 5.05. The Balaban J connectivity index is 1.92. The zero-order valence-corrected chi connectivity index (χ0v) is 11.6. The summed E-state index contributed by atoms with van der Waals surface area (Å²) in [5.74, 6) is 0.995. The van der Waals surface area contributed by atoms with E-state index in [9.17, 15) is 4.79 Å². The molecule has 2 aromatic rings. The molecule has 3 nitrogen and oxygen atoms in total. The van der Waals surface area contributed by atoms with Gasteiger partial charge in [-0.05, 0) is 29.8 Å². The van der Waals surface area contributed by atoms with Crippen LogP contribution in [0.1, 0.15) is 18.5 Å². The Morgan fingerprint density at radius 1 is 1.00 bits per heavy atom. The van der Waals surface area contributed by atoms with Crippen LogP contribution in [-0.4, -0.2) is 13.0 Å². The molecule has 1 fully saturated rings. The van der Waals surface area contributed by atoms with Gasteiger partial charge in [-0.3, -0.25) is 4.79 Å². The van der Waals surface area contributed by atoms with Gasteiger partial charge in [0, 0.05) is 5.69 Å². The predicted octanol–water partition coefficient (Wildman–Crippen LogP) is 3.42. The van der Waals surface area contributed by atoms with E-state index in [0.29, 0.717) is 0 Å². The number of ether oxygens (including phenoxy) is 1. The van der Waals surface area contributed by atoms with Gasteiger partial charge in [0.05, 0.1) is 19.1 Å². The van der Waals surface area contributed by atoms with Crippen molar-refractivity contribution in [3.63, 3.8) is 0 Å². The molecule has 20 heavy (non-hydrogen) atoms. The van der Waals surface area contributed by atoms with E-state index in [1.54, 1.807) is 7.11 Å². The fourth-order valence-corrected chi connectivity index (χ4v) is 2.75. The lowest BCUT2D eigenvalue weighted by Gasteiger charge is -2.46. The molecule has 2 atom stereocenters. The van der Waals surface area contributed by atoms with E-state index in [1.807, 2.05) is 54.3 Å². The van der Waals surface area contributed by atoms with Crippen molar-refractivity contribution in [3.8, 4) is 5.75 Å². The monoisotopic (exact) mass is 267 g/mol. The zero-order chi connectivity index (χ0) is 14.1. The number of anilines is 1. The summed E-state index contributed by atoms with van der Waals surface area (Å²) in [5, 5.41) is 0. The van der Waals surface area contributed by atoms with Crippen molar-refractivity contribution in [1.29, 1.82) is 0 Å². The maximum atomic E-state index is 12.2. The Morgan fingerprint density at radius 3 is 2.25 bits per heavy atom. The third-order valence-electron chi connectivity index (χ3n) is 3.87. The van der Waals surface area contributed by atoms with Gasteiger partial charge >= 0.3 is 0 Å². The number of carbonyl (C=O) groups excluding carboxylic acids is 1. The molecular weight excluding hydrogens is 250 g/mol. The molecule has 0 bridgehead atoms. The van der Waals surface area contributed by atoms with Crippen LogP contribution >= 0.6 is 0 Å². The average Bonchev–Trinajstić information content (AvgIpc) is 2.52. The number of benzene rings is 2. The van der Waals surface area contributed by atoms with Gasteiger partial charge in [-0.1, -0.05) is 37.3 Å². The van der Waals surface area contributed by atoms with Crippen LogP contribution in [0.4, 0.5) is 5.69 Å². The van der Waals surface area contributed by atoms with E-state index in [4.69, 9.17) is 4.74 Å². The molecule has 2 aromatic carbocycles. The summed E-state index contributed by atoms with van der Waals surface area (Å²) < 4.78 is 5.16. The van der Waals surface area contributed by atoms with E-state index in [0.717, 1.165) is 11.4 Å². The van der Waals surface area contributed by atoms with Gasteiger partial charge < -0.3 is 9.64 Å². The number of amides is 1. The largest absolute Gasteiger partial charge is 0.497 e. The third kappa shape index (κ3) is 1.95. The van der Waals surface area contributed by atoms with Crippen molar-refractivity contribution in [3.05, 3.63) is 60.2 Å². The Morgan fingerprint density at radius 2 is 1.65 bits per heavy atom. The molecule has 3 heteroatoms. The van der Waals surface area contributed by atoms with Crippen LogP contribution in [0.25, 0.3) is 0 Å². The first kappa shape index (κ1) is 12.7. The second-order valence-electron chi connectivity index (χ2n) is 5.05. The first-order valence-corrected chi connectivity index (χ1v) is 6.74. The molecule has 0 spiro atoms. The lowest BCUT2D eigenvalue weighted by atomic mass is 9.83. The summed E-state index contributed by atoms with van der Waals surface area (Å²) in [6.45, 7) is 1.99. The van der Waals surface area contributed by atoms with Crippen molar-refractivity contribution >= 4 is 11.6 Å². The summed E-state index contributed by atoms with van der Waals surface area (Å²) in [6.07, 6.45) is 0. The highest BCUT2D eigenvalue weighted by Gasteiger charge is 2.45. The summed E-state index contributed by atoms with van der Waals surface area (Å²) in [4.78, 5) is 14.1. The fourth-order valence-electron chi connectivity index (χ4n) is 2.75. The van der Waals surface area contributed by atoms with E-state index >= 15 is 0 Å². The number of hydrogen-bond donors (Lipinski definition) is 0. The molecule has 2 unspecified atom stereocenters. The number of rotatable bonds is 3. The Bertz CT molecular complexity index is 607. The Kier molecular flexibility index (Phi) is 3.18. The van der Waals surface area contributed by atoms with Crippen LogP contribution in [0.3, 0.4) is 0 Å². The summed E-state index contributed by atoms with van der Waals surface area (Å²) >= 11 is 0. The van der Waals surface area contributed by atoms with E-state index in [1.165, 1.54) is 5.56 Å². The minimum Gasteiger partial charge on any atom is -0.497 e. The fraction of sp³-hybridized carbons (Fsp3) is 0.235. The third-order valence-corrected chi connectivity index (χ3v) is 3.87. The van der Waals surface area contributed by atoms with Gasteiger partial charge in [0.2, 0.25) is 5.91 Å². The highest BCUT2D eigenvalue weighted by Crippen LogP contribution is 2.43. The lowest BCUT2D eigenvalue weighted by molar-refractivity contribution is -0.129. The predicted molar refractivity (Wildman–Crippen MR) is 78.8 cm³/mol. The van der Waals surface area contributed by atoms with Crippen molar-refractivity contribution in [2.75, 3.05) is 12.0 Å². The minimum atomic E-state index is 0.0273. The molecule has 1 saturated heterocycles. The van der Waals surface area contributed by atoms with Crippen LogP contribution in [0.2, 0.25) is 0 Å². The van der Waals surface area contributed by atoms with Gasteiger partial charge in [0.1, 0.15) is 5.75 Å². The van der Waals surface area contributed by atoms with Crippen LogP contribution < -0.4 is 9.64 Å². The van der Waals surface area contributed by atoms with Crippen LogP contribution in [0.5, 0.6) is 5.75 Å². The molecule has 0 radical (unpaired) electrons. The highest BCUT2D eigenvalue weighted by molar-refractivity contribution is 6.03. The Hall–Kier alpha value is -2.29. The lowest BCUT2D eigenvalue weighted by Crippen LogP contribution is -2.54. The average molecular weight is 267 g/mol. The smallest absolute Gasteiger partial charge is 0.232 e. The number of hydrogen-bond acceptors (Lipinski definition) is 2. The first-order valence-electron chi connectivity index (χ1n) is 6.74. The van der Waals surface area contributed by atoms with Crippen molar-refractivity contribution < 1.29 is 9.53 Å². The number of carbonyl (C=O) groups is 1.